The second-order valence-corrected chi connectivity index (χ2v) is 5.44. The first kappa shape index (κ1) is 14.3. The van der Waals surface area contributed by atoms with E-state index < -0.39 is 5.97 Å². The summed E-state index contributed by atoms with van der Waals surface area (Å²) in [5.74, 6) is 0.702. The Balaban J connectivity index is 2.02. The van der Waals surface area contributed by atoms with Crippen molar-refractivity contribution >= 4 is 11.8 Å². The first-order valence-electron chi connectivity index (χ1n) is 6.93. The molecule has 0 saturated carbocycles. The van der Waals surface area contributed by atoms with E-state index in [1.165, 1.54) is 0 Å². The quantitative estimate of drug-likeness (QED) is 0.910. The summed E-state index contributed by atoms with van der Waals surface area (Å²) in [4.78, 5) is 17.3. The average Bonchev–Trinajstić information content (AvgIpc) is 2.47. The highest BCUT2D eigenvalue weighted by atomic mass is 16.4. The molecule has 1 aromatic heterocycles. The fourth-order valence-electron chi connectivity index (χ4n) is 2.76. The molecule has 106 valence electrons. The Morgan fingerprint density at radius 2 is 2.45 bits per heavy atom. The zero-order chi connectivity index (χ0) is 14.5. The Bertz CT molecular complexity index is 507. The molecule has 0 aliphatic carbocycles. The third kappa shape index (κ3) is 3.47. The van der Waals surface area contributed by atoms with Gasteiger partial charge in [-0.05, 0) is 36.8 Å². The Labute approximate surface area is 118 Å². The van der Waals surface area contributed by atoms with E-state index >= 15 is 0 Å². The van der Waals surface area contributed by atoms with Crippen LogP contribution in [0.25, 0.3) is 0 Å². The molecule has 1 saturated heterocycles. The molecule has 2 unspecified atom stereocenters. The van der Waals surface area contributed by atoms with Gasteiger partial charge in [0, 0.05) is 25.7 Å². The maximum Gasteiger partial charge on any atom is 0.303 e. The van der Waals surface area contributed by atoms with Crippen LogP contribution in [0, 0.1) is 23.2 Å². The molecule has 1 fully saturated rings. The molecule has 1 aliphatic rings. The van der Waals surface area contributed by atoms with Crippen LogP contribution >= 0.6 is 0 Å². The van der Waals surface area contributed by atoms with Crippen molar-refractivity contribution in [3.05, 3.63) is 23.9 Å². The minimum Gasteiger partial charge on any atom is -0.481 e. The molecule has 20 heavy (non-hydrogen) atoms. The minimum absolute atomic E-state index is 0.175. The maximum absolute atomic E-state index is 10.8. The summed E-state index contributed by atoms with van der Waals surface area (Å²) in [7, 11) is 0. The van der Waals surface area contributed by atoms with Gasteiger partial charge >= 0.3 is 5.97 Å². The zero-order valence-electron chi connectivity index (χ0n) is 11.6. The number of aliphatic carboxylic acids is 1. The van der Waals surface area contributed by atoms with Gasteiger partial charge in [0.25, 0.3) is 0 Å². The van der Waals surface area contributed by atoms with Gasteiger partial charge in [-0.15, -0.1) is 0 Å². The third-order valence-corrected chi connectivity index (χ3v) is 3.96. The molecular formula is C15H19N3O2. The molecule has 1 N–H and O–H groups in total. The van der Waals surface area contributed by atoms with Gasteiger partial charge < -0.3 is 10.0 Å². The first-order valence-corrected chi connectivity index (χ1v) is 6.93. The number of carbonyl (C=O) groups is 1. The predicted octanol–water partition coefficient (Wildman–Crippen LogP) is 2.28. The van der Waals surface area contributed by atoms with Crippen LogP contribution in [0.1, 0.15) is 31.7 Å². The fraction of sp³-hybridized carbons (Fsp3) is 0.533. The number of anilines is 1. The lowest BCUT2D eigenvalue weighted by Crippen LogP contribution is -2.38. The average molecular weight is 273 g/mol. The van der Waals surface area contributed by atoms with Crippen molar-refractivity contribution in [3.63, 3.8) is 0 Å². The topological polar surface area (TPSA) is 77.2 Å². The number of hydrogen-bond donors (Lipinski definition) is 1. The van der Waals surface area contributed by atoms with Gasteiger partial charge in [0.2, 0.25) is 0 Å². The van der Waals surface area contributed by atoms with Crippen LogP contribution in [-0.4, -0.2) is 29.1 Å². The van der Waals surface area contributed by atoms with Crippen LogP contribution in [0.4, 0.5) is 5.82 Å². The molecule has 0 amide bonds. The summed E-state index contributed by atoms with van der Waals surface area (Å²) >= 11 is 0. The van der Waals surface area contributed by atoms with Crippen molar-refractivity contribution in [2.75, 3.05) is 18.0 Å². The summed E-state index contributed by atoms with van der Waals surface area (Å²) in [6, 6.07) is 5.69. The number of pyridine rings is 1. The predicted molar refractivity (Wildman–Crippen MR) is 75.3 cm³/mol. The summed E-state index contributed by atoms with van der Waals surface area (Å²) in [6.07, 6.45) is 3.93. The monoisotopic (exact) mass is 273 g/mol. The zero-order valence-corrected chi connectivity index (χ0v) is 11.6. The molecule has 2 rings (SSSR count). The molecule has 0 aromatic carbocycles. The number of nitriles is 1. The van der Waals surface area contributed by atoms with Crippen LogP contribution in [0.5, 0.6) is 0 Å². The Kier molecular flexibility index (Phi) is 4.57. The summed E-state index contributed by atoms with van der Waals surface area (Å²) in [5, 5.41) is 17.7. The van der Waals surface area contributed by atoms with Crippen molar-refractivity contribution in [1.29, 1.82) is 5.26 Å². The summed E-state index contributed by atoms with van der Waals surface area (Å²) in [6.45, 7) is 3.79. The highest BCUT2D eigenvalue weighted by Crippen LogP contribution is 2.28. The highest BCUT2D eigenvalue weighted by Gasteiger charge is 2.26. The molecule has 1 aliphatic heterocycles. The first-order chi connectivity index (χ1) is 9.60. The molecule has 0 spiro atoms. The van der Waals surface area contributed by atoms with Crippen molar-refractivity contribution in [2.24, 2.45) is 11.8 Å². The Morgan fingerprint density at radius 1 is 1.65 bits per heavy atom. The smallest absolute Gasteiger partial charge is 0.303 e. The molecule has 0 bridgehead atoms. The highest BCUT2D eigenvalue weighted by molar-refractivity contribution is 5.67. The van der Waals surface area contributed by atoms with Gasteiger partial charge in [-0.2, -0.15) is 5.26 Å². The van der Waals surface area contributed by atoms with Crippen molar-refractivity contribution in [2.45, 2.75) is 26.2 Å². The molecule has 5 nitrogen and oxygen atoms in total. The standard InChI is InChI=1S/C15H19N3O2/c1-11(7-15(19)20)13-3-2-6-18(10-13)14-5-4-12(8-16)9-17-14/h4-5,9,11,13H,2-3,6-7,10H2,1H3,(H,19,20). The third-order valence-electron chi connectivity index (χ3n) is 3.96. The van der Waals surface area contributed by atoms with Gasteiger partial charge in [-0.25, -0.2) is 4.98 Å². The summed E-state index contributed by atoms with van der Waals surface area (Å²) in [5.41, 5.74) is 0.557. The summed E-state index contributed by atoms with van der Waals surface area (Å²) < 4.78 is 0. The molecule has 1 aromatic rings. The number of rotatable bonds is 4. The number of piperidine rings is 1. The SMILES string of the molecule is CC(CC(=O)O)C1CCCN(c2ccc(C#N)cn2)C1. The second kappa shape index (κ2) is 6.38. The van der Waals surface area contributed by atoms with Crippen molar-refractivity contribution < 1.29 is 9.90 Å². The lowest BCUT2D eigenvalue weighted by atomic mass is 9.84. The van der Waals surface area contributed by atoms with E-state index in [0.717, 1.165) is 31.7 Å². The Hall–Kier alpha value is -2.09. The second-order valence-electron chi connectivity index (χ2n) is 5.44. The van der Waals surface area contributed by atoms with Gasteiger partial charge in [0.1, 0.15) is 11.9 Å². The number of carboxylic acids is 1. The maximum atomic E-state index is 10.8. The largest absolute Gasteiger partial charge is 0.481 e. The van der Waals surface area contributed by atoms with Crippen LogP contribution in [0.2, 0.25) is 0 Å². The molecule has 2 heterocycles. The van der Waals surface area contributed by atoms with Crippen LogP contribution in [-0.2, 0) is 4.79 Å². The number of hydrogen-bond acceptors (Lipinski definition) is 4. The van der Waals surface area contributed by atoms with Gasteiger partial charge in [-0.1, -0.05) is 6.92 Å². The lowest BCUT2D eigenvalue weighted by molar-refractivity contribution is -0.138. The fourth-order valence-corrected chi connectivity index (χ4v) is 2.76. The van der Waals surface area contributed by atoms with E-state index in [0.29, 0.717) is 11.5 Å². The van der Waals surface area contributed by atoms with Crippen molar-refractivity contribution in [3.8, 4) is 6.07 Å². The van der Waals surface area contributed by atoms with Crippen molar-refractivity contribution in [1.82, 2.24) is 4.98 Å². The molecular weight excluding hydrogens is 254 g/mol. The molecule has 5 heteroatoms. The number of aromatic nitrogens is 1. The molecule has 0 radical (unpaired) electrons. The Morgan fingerprint density at radius 3 is 3.05 bits per heavy atom. The van der Waals surface area contributed by atoms with E-state index in [4.69, 9.17) is 10.4 Å². The van der Waals surface area contributed by atoms with E-state index in [2.05, 4.69) is 16.0 Å². The normalized spacial score (nSPS) is 20.2. The van der Waals surface area contributed by atoms with Crippen LogP contribution < -0.4 is 4.90 Å². The van der Waals surface area contributed by atoms with E-state index in [9.17, 15) is 4.79 Å². The van der Waals surface area contributed by atoms with Crippen LogP contribution in [0.3, 0.4) is 0 Å². The van der Waals surface area contributed by atoms with E-state index in [-0.39, 0.29) is 12.3 Å². The van der Waals surface area contributed by atoms with Gasteiger partial charge in [0.15, 0.2) is 0 Å². The van der Waals surface area contributed by atoms with Gasteiger partial charge in [-0.3, -0.25) is 4.79 Å². The minimum atomic E-state index is -0.730. The van der Waals surface area contributed by atoms with E-state index in [1.807, 2.05) is 13.0 Å². The van der Waals surface area contributed by atoms with Crippen LogP contribution in [0.15, 0.2) is 18.3 Å². The molecule has 2 atom stereocenters. The van der Waals surface area contributed by atoms with Gasteiger partial charge in [0.05, 0.1) is 5.56 Å². The lowest BCUT2D eigenvalue weighted by Gasteiger charge is -2.36. The van der Waals surface area contributed by atoms with E-state index in [1.54, 1.807) is 12.3 Å². The number of carboxylic acid groups (broad SMARTS) is 1. The number of nitrogens with zero attached hydrogens (tertiary/aromatic N) is 3.